The molecule has 0 bridgehead atoms. The van der Waals surface area contributed by atoms with Crippen molar-refractivity contribution in [3.05, 3.63) is 83.9 Å². The Kier molecular flexibility index (Phi) is 5.63. The summed E-state index contributed by atoms with van der Waals surface area (Å²) in [5.74, 6) is 0.987. The highest BCUT2D eigenvalue weighted by molar-refractivity contribution is 6.04. The third-order valence-electron chi connectivity index (χ3n) is 4.52. The summed E-state index contributed by atoms with van der Waals surface area (Å²) in [7, 11) is 1.55. The standard InChI is InChI=1S/C23H20N2O5/c1-28-21-9-8-17(25-23(27)16-10-19(12-26)29-13-16)11-22(21)30-14-18-7-6-15-4-2-3-5-20(15)24-18/h2-11,13,26H,12,14H2,1H3,(H,25,27). The van der Waals surface area contributed by atoms with Gasteiger partial charge in [0.2, 0.25) is 0 Å². The highest BCUT2D eigenvalue weighted by atomic mass is 16.5. The molecule has 152 valence electrons. The molecule has 0 aliphatic carbocycles. The van der Waals surface area contributed by atoms with Gasteiger partial charge in [0.25, 0.3) is 5.91 Å². The van der Waals surface area contributed by atoms with Crippen LogP contribution in [0.25, 0.3) is 10.9 Å². The van der Waals surface area contributed by atoms with Crippen molar-refractivity contribution in [1.29, 1.82) is 0 Å². The zero-order valence-electron chi connectivity index (χ0n) is 16.3. The molecule has 7 heteroatoms. The van der Waals surface area contributed by atoms with E-state index in [4.69, 9.17) is 19.0 Å². The fourth-order valence-corrected chi connectivity index (χ4v) is 2.99. The zero-order valence-corrected chi connectivity index (χ0v) is 16.3. The lowest BCUT2D eigenvalue weighted by atomic mass is 10.2. The van der Waals surface area contributed by atoms with E-state index in [1.165, 1.54) is 12.3 Å². The molecule has 0 atom stereocenters. The first-order valence-corrected chi connectivity index (χ1v) is 9.31. The van der Waals surface area contributed by atoms with Gasteiger partial charge in [-0.3, -0.25) is 4.79 Å². The van der Waals surface area contributed by atoms with Crippen molar-refractivity contribution in [2.24, 2.45) is 0 Å². The van der Waals surface area contributed by atoms with Crippen LogP contribution in [0.4, 0.5) is 5.69 Å². The molecule has 0 unspecified atom stereocenters. The number of anilines is 1. The van der Waals surface area contributed by atoms with Crippen LogP contribution in [-0.2, 0) is 13.2 Å². The minimum absolute atomic E-state index is 0.250. The minimum atomic E-state index is -0.356. The molecule has 0 saturated carbocycles. The minimum Gasteiger partial charge on any atom is -0.493 e. The lowest BCUT2D eigenvalue weighted by Crippen LogP contribution is -2.11. The molecule has 30 heavy (non-hydrogen) atoms. The molecule has 0 aliphatic heterocycles. The molecule has 2 aromatic carbocycles. The lowest BCUT2D eigenvalue weighted by Gasteiger charge is -2.13. The number of nitrogens with zero attached hydrogens (tertiary/aromatic N) is 1. The molecule has 4 rings (SSSR count). The molecular formula is C23H20N2O5. The summed E-state index contributed by atoms with van der Waals surface area (Å²) >= 11 is 0. The number of methoxy groups -OCH3 is 1. The van der Waals surface area contributed by atoms with Crippen molar-refractivity contribution in [2.45, 2.75) is 13.2 Å². The summed E-state index contributed by atoms with van der Waals surface area (Å²) in [6.45, 7) is -0.0171. The molecular weight excluding hydrogens is 384 g/mol. The van der Waals surface area contributed by atoms with Gasteiger partial charge in [-0.1, -0.05) is 24.3 Å². The number of amides is 1. The van der Waals surface area contributed by atoms with Crippen molar-refractivity contribution in [2.75, 3.05) is 12.4 Å². The second kappa shape index (κ2) is 8.67. The van der Waals surface area contributed by atoms with Gasteiger partial charge < -0.3 is 24.3 Å². The lowest BCUT2D eigenvalue weighted by molar-refractivity contribution is 0.102. The normalized spacial score (nSPS) is 10.7. The number of aliphatic hydroxyl groups is 1. The van der Waals surface area contributed by atoms with Gasteiger partial charge in [-0.25, -0.2) is 4.98 Å². The summed E-state index contributed by atoms with van der Waals surface area (Å²) in [4.78, 5) is 17.0. The summed E-state index contributed by atoms with van der Waals surface area (Å²) in [5, 5.41) is 12.9. The zero-order chi connectivity index (χ0) is 20.9. The predicted octanol–water partition coefficient (Wildman–Crippen LogP) is 4.16. The van der Waals surface area contributed by atoms with Crippen molar-refractivity contribution in [1.82, 2.24) is 4.98 Å². The summed E-state index contributed by atoms with van der Waals surface area (Å²) in [6.07, 6.45) is 1.30. The van der Waals surface area contributed by atoms with Crippen LogP contribution < -0.4 is 14.8 Å². The van der Waals surface area contributed by atoms with Gasteiger partial charge in [0.1, 0.15) is 25.2 Å². The number of aromatic nitrogens is 1. The van der Waals surface area contributed by atoms with Crippen LogP contribution in [0.2, 0.25) is 0 Å². The van der Waals surface area contributed by atoms with Gasteiger partial charge >= 0.3 is 0 Å². The smallest absolute Gasteiger partial charge is 0.258 e. The maximum absolute atomic E-state index is 12.4. The van der Waals surface area contributed by atoms with Crippen LogP contribution in [-0.4, -0.2) is 23.1 Å². The fraction of sp³-hybridized carbons (Fsp3) is 0.130. The summed E-state index contributed by atoms with van der Waals surface area (Å²) in [5.41, 5.74) is 2.53. The fourth-order valence-electron chi connectivity index (χ4n) is 2.99. The van der Waals surface area contributed by atoms with Gasteiger partial charge in [0.05, 0.1) is 23.9 Å². The van der Waals surface area contributed by atoms with Gasteiger partial charge in [-0.15, -0.1) is 0 Å². The average molecular weight is 404 g/mol. The van der Waals surface area contributed by atoms with Crippen molar-refractivity contribution in [3.8, 4) is 11.5 Å². The number of benzene rings is 2. The molecule has 0 fully saturated rings. The largest absolute Gasteiger partial charge is 0.493 e. The van der Waals surface area contributed by atoms with E-state index in [0.29, 0.717) is 28.5 Å². The molecule has 0 aliphatic rings. The van der Waals surface area contributed by atoms with Crippen LogP contribution >= 0.6 is 0 Å². The topological polar surface area (TPSA) is 93.8 Å². The average Bonchev–Trinajstić information content (AvgIpc) is 3.27. The van der Waals surface area contributed by atoms with Gasteiger partial charge in [-0.05, 0) is 30.3 Å². The SMILES string of the molecule is COc1ccc(NC(=O)c2coc(CO)c2)cc1OCc1ccc2ccccc2n1. The number of furan rings is 1. The Morgan fingerprint density at radius 1 is 1.10 bits per heavy atom. The molecule has 0 saturated heterocycles. The number of fused-ring (bicyclic) bond motifs is 1. The number of nitrogens with one attached hydrogen (secondary N) is 1. The number of ether oxygens (including phenoxy) is 2. The maximum atomic E-state index is 12.4. The number of aliphatic hydroxyl groups excluding tert-OH is 1. The monoisotopic (exact) mass is 404 g/mol. The third-order valence-corrected chi connectivity index (χ3v) is 4.52. The first-order chi connectivity index (χ1) is 14.7. The number of carbonyl (C=O) groups excluding carboxylic acids is 1. The van der Waals surface area contributed by atoms with E-state index in [-0.39, 0.29) is 19.1 Å². The molecule has 0 radical (unpaired) electrons. The van der Waals surface area contributed by atoms with E-state index in [9.17, 15) is 4.79 Å². The summed E-state index contributed by atoms with van der Waals surface area (Å²) in [6, 6.07) is 18.4. The third kappa shape index (κ3) is 4.26. The number of hydrogen-bond donors (Lipinski definition) is 2. The van der Waals surface area contributed by atoms with E-state index in [2.05, 4.69) is 10.3 Å². The highest BCUT2D eigenvalue weighted by Crippen LogP contribution is 2.31. The molecule has 4 aromatic rings. The molecule has 0 spiro atoms. The van der Waals surface area contributed by atoms with E-state index >= 15 is 0 Å². The molecule has 2 N–H and O–H groups in total. The Morgan fingerprint density at radius 3 is 2.77 bits per heavy atom. The second-order valence-corrected chi connectivity index (χ2v) is 6.56. The number of rotatable bonds is 7. The van der Waals surface area contributed by atoms with E-state index in [1.807, 2.05) is 36.4 Å². The first-order valence-electron chi connectivity index (χ1n) is 9.31. The number of hydrogen-bond acceptors (Lipinski definition) is 6. The van der Waals surface area contributed by atoms with Gasteiger partial charge in [0, 0.05) is 17.1 Å². The highest BCUT2D eigenvalue weighted by Gasteiger charge is 2.13. The Morgan fingerprint density at radius 2 is 1.97 bits per heavy atom. The predicted molar refractivity (Wildman–Crippen MR) is 112 cm³/mol. The Hall–Kier alpha value is -3.84. The number of pyridine rings is 1. The van der Waals surface area contributed by atoms with E-state index in [1.54, 1.807) is 25.3 Å². The first kappa shape index (κ1) is 19.5. The molecule has 2 heterocycles. The van der Waals surface area contributed by atoms with E-state index < -0.39 is 0 Å². The number of carbonyl (C=O) groups is 1. The van der Waals surface area contributed by atoms with Crippen LogP contribution in [0.1, 0.15) is 21.8 Å². The molecule has 7 nitrogen and oxygen atoms in total. The van der Waals surface area contributed by atoms with Gasteiger partial charge in [0.15, 0.2) is 11.5 Å². The maximum Gasteiger partial charge on any atom is 0.258 e. The van der Waals surface area contributed by atoms with Crippen LogP contribution in [0.3, 0.4) is 0 Å². The Bertz CT molecular complexity index is 1190. The van der Waals surface area contributed by atoms with Crippen molar-refractivity contribution < 1.29 is 23.8 Å². The van der Waals surface area contributed by atoms with Gasteiger partial charge in [-0.2, -0.15) is 0 Å². The Labute approximate surface area is 172 Å². The molecule has 1 amide bonds. The Balaban J connectivity index is 1.49. The summed E-state index contributed by atoms with van der Waals surface area (Å²) < 4.78 is 16.4. The molecule has 2 aromatic heterocycles. The van der Waals surface area contributed by atoms with Crippen LogP contribution in [0.15, 0.2) is 71.3 Å². The van der Waals surface area contributed by atoms with Crippen LogP contribution in [0.5, 0.6) is 11.5 Å². The van der Waals surface area contributed by atoms with Crippen molar-refractivity contribution in [3.63, 3.8) is 0 Å². The second-order valence-electron chi connectivity index (χ2n) is 6.56. The van der Waals surface area contributed by atoms with Crippen LogP contribution in [0, 0.1) is 0 Å². The number of para-hydroxylation sites is 1. The quantitative estimate of drug-likeness (QED) is 0.480. The van der Waals surface area contributed by atoms with E-state index in [0.717, 1.165) is 16.6 Å². The van der Waals surface area contributed by atoms with Crippen molar-refractivity contribution >= 4 is 22.5 Å².